The highest BCUT2D eigenvalue weighted by Gasteiger charge is 2.67. The molecule has 168 valence electrons. The average molecular weight is 456 g/mol. The number of hydrogen-bond acceptors (Lipinski definition) is 5. The highest BCUT2D eigenvalue weighted by molar-refractivity contribution is 6.30. The largest absolute Gasteiger partial charge is 0.456 e. The number of imide groups is 1. The van der Waals surface area contributed by atoms with Gasteiger partial charge in [-0.2, -0.15) is 0 Å². The topological polar surface area (TPSA) is 80.8 Å². The quantitative estimate of drug-likeness (QED) is 0.258. The number of hydrogen-bond donors (Lipinski definition) is 0. The van der Waals surface area contributed by atoms with Gasteiger partial charge in [0, 0.05) is 10.6 Å². The number of allylic oxidation sites excluding steroid dienone is 2. The molecular weight excluding hydrogens is 430 g/mol. The van der Waals surface area contributed by atoms with Crippen molar-refractivity contribution in [2.75, 3.05) is 6.61 Å². The Morgan fingerprint density at radius 2 is 1.66 bits per heavy atom. The highest BCUT2D eigenvalue weighted by atomic mass is 35.5. The number of unbranched alkanes of at least 4 members (excludes halogenated alkanes) is 1. The summed E-state index contributed by atoms with van der Waals surface area (Å²) in [7, 11) is 0. The van der Waals surface area contributed by atoms with Crippen LogP contribution in [0.3, 0.4) is 0 Å². The summed E-state index contributed by atoms with van der Waals surface area (Å²) in [6, 6.07) is 5.35. The lowest BCUT2D eigenvalue weighted by Crippen LogP contribution is -2.47. The molecule has 2 amide bonds. The second kappa shape index (κ2) is 8.14. The molecule has 0 N–H and O–H groups in total. The number of halogens is 1. The summed E-state index contributed by atoms with van der Waals surface area (Å²) < 4.78 is 5.33. The standard InChI is InChI=1S/C25H26ClNO5/c1-2-3-4-19(25(31)32-12-20(28)13-5-7-14(26)8-6-13)27-23(29)21-15-9-10-16(18-11-17(15)18)22(21)24(27)30/h5-10,15-19,21-22H,2-4,11-12H2,1H3/t15-,16-,17-,18+,19+,21-,22+/m0/s1. The molecular formula is C25H26ClNO5. The molecule has 1 aromatic carbocycles. The van der Waals surface area contributed by atoms with E-state index >= 15 is 0 Å². The predicted molar refractivity (Wildman–Crippen MR) is 117 cm³/mol. The Morgan fingerprint density at radius 3 is 2.22 bits per heavy atom. The first-order valence-corrected chi connectivity index (χ1v) is 11.8. The molecule has 0 spiro atoms. The average Bonchev–Trinajstić information content (AvgIpc) is 3.57. The zero-order chi connectivity index (χ0) is 22.6. The smallest absolute Gasteiger partial charge is 0.329 e. The Hall–Kier alpha value is -2.47. The van der Waals surface area contributed by atoms with Crippen LogP contribution in [0.5, 0.6) is 0 Å². The lowest BCUT2D eigenvalue weighted by molar-refractivity contribution is -0.158. The number of ether oxygens (including phenoxy) is 1. The van der Waals surface area contributed by atoms with E-state index < -0.39 is 18.6 Å². The molecule has 32 heavy (non-hydrogen) atoms. The van der Waals surface area contributed by atoms with Crippen LogP contribution in [0.4, 0.5) is 0 Å². The Balaban J connectivity index is 1.31. The van der Waals surface area contributed by atoms with Crippen molar-refractivity contribution in [3.8, 4) is 0 Å². The number of ketones is 1. The number of rotatable bonds is 8. The number of Topliss-reactive ketones (excluding diaryl/α,β-unsaturated/α-hetero) is 1. The van der Waals surface area contributed by atoms with Crippen LogP contribution < -0.4 is 0 Å². The Labute approximate surface area is 191 Å². The van der Waals surface area contributed by atoms with Gasteiger partial charge in [-0.15, -0.1) is 0 Å². The van der Waals surface area contributed by atoms with E-state index in [9.17, 15) is 19.2 Å². The van der Waals surface area contributed by atoms with Crippen molar-refractivity contribution in [1.82, 2.24) is 4.90 Å². The third-order valence-electron chi connectivity index (χ3n) is 7.62. The van der Waals surface area contributed by atoms with Gasteiger partial charge in [-0.25, -0.2) is 4.79 Å². The van der Waals surface area contributed by atoms with E-state index in [0.717, 1.165) is 12.8 Å². The monoisotopic (exact) mass is 455 g/mol. The molecule has 2 saturated carbocycles. The molecule has 0 aromatic heterocycles. The van der Waals surface area contributed by atoms with Crippen LogP contribution in [0.2, 0.25) is 5.02 Å². The van der Waals surface area contributed by atoms with Gasteiger partial charge in [0.05, 0.1) is 11.8 Å². The van der Waals surface area contributed by atoms with Crippen molar-refractivity contribution in [2.45, 2.75) is 38.6 Å². The van der Waals surface area contributed by atoms with Crippen molar-refractivity contribution in [3.63, 3.8) is 0 Å². The predicted octanol–water partition coefficient (Wildman–Crippen LogP) is 3.68. The molecule has 3 fully saturated rings. The molecule has 1 heterocycles. The van der Waals surface area contributed by atoms with Gasteiger partial charge in [-0.3, -0.25) is 19.3 Å². The number of nitrogens with zero attached hydrogens (tertiary/aromatic N) is 1. The molecule has 6 nitrogen and oxygen atoms in total. The number of carbonyl (C=O) groups excluding carboxylic acids is 4. The Kier molecular flexibility index (Phi) is 5.44. The minimum absolute atomic E-state index is 0.103. The molecule has 1 saturated heterocycles. The summed E-state index contributed by atoms with van der Waals surface area (Å²) in [6.45, 7) is 1.54. The summed E-state index contributed by atoms with van der Waals surface area (Å²) in [5.74, 6) is -1.04. The zero-order valence-corrected chi connectivity index (χ0v) is 18.7. The van der Waals surface area contributed by atoms with E-state index in [1.807, 2.05) is 6.92 Å². The van der Waals surface area contributed by atoms with Crippen molar-refractivity contribution in [1.29, 1.82) is 0 Å². The first kappa shape index (κ1) is 21.4. The van der Waals surface area contributed by atoms with Gasteiger partial charge in [-0.05, 0) is 60.8 Å². The maximum absolute atomic E-state index is 13.4. The molecule has 6 rings (SSSR count). The highest BCUT2D eigenvalue weighted by Crippen LogP contribution is 2.65. The van der Waals surface area contributed by atoms with Crippen molar-refractivity contribution in [3.05, 3.63) is 47.0 Å². The van der Waals surface area contributed by atoms with Gasteiger partial charge >= 0.3 is 5.97 Å². The third-order valence-corrected chi connectivity index (χ3v) is 7.88. The molecule has 7 atom stereocenters. The maximum atomic E-state index is 13.4. The van der Waals surface area contributed by atoms with Crippen LogP contribution in [0.25, 0.3) is 0 Å². The van der Waals surface area contributed by atoms with Crippen LogP contribution in [-0.2, 0) is 19.1 Å². The van der Waals surface area contributed by atoms with Crippen LogP contribution in [0.1, 0.15) is 43.0 Å². The SMILES string of the molecule is CCCC[C@H](C(=O)OCC(=O)c1ccc(Cl)cc1)N1C(=O)[C@@H]2[C@H]3C=C[C@@H]([C@@H]4C[C@H]34)[C@@H]2C1=O. The summed E-state index contributed by atoms with van der Waals surface area (Å²) in [6.07, 6.45) is 7.14. The van der Waals surface area contributed by atoms with E-state index in [4.69, 9.17) is 16.3 Å². The number of likely N-dealkylation sites (tertiary alicyclic amines) is 1. The molecule has 1 aromatic rings. The number of carbonyl (C=O) groups is 4. The van der Waals surface area contributed by atoms with Gasteiger partial charge in [0.25, 0.3) is 0 Å². The fourth-order valence-corrected chi connectivity index (χ4v) is 6.12. The van der Waals surface area contributed by atoms with E-state index in [1.54, 1.807) is 24.3 Å². The minimum atomic E-state index is -0.978. The lowest BCUT2D eigenvalue weighted by atomic mass is 9.63. The summed E-state index contributed by atoms with van der Waals surface area (Å²) in [4.78, 5) is 53.4. The Bertz CT molecular complexity index is 966. The van der Waals surface area contributed by atoms with E-state index in [0.29, 0.717) is 35.3 Å². The maximum Gasteiger partial charge on any atom is 0.329 e. The zero-order valence-electron chi connectivity index (χ0n) is 17.9. The molecule has 7 heteroatoms. The van der Waals surface area contributed by atoms with Gasteiger partial charge < -0.3 is 4.74 Å². The molecule has 5 aliphatic rings. The van der Waals surface area contributed by atoms with E-state index in [-0.39, 0.29) is 41.3 Å². The van der Waals surface area contributed by atoms with Crippen LogP contribution in [-0.4, -0.2) is 41.1 Å². The molecule has 2 bridgehead atoms. The van der Waals surface area contributed by atoms with E-state index in [1.165, 1.54) is 4.90 Å². The summed E-state index contributed by atoms with van der Waals surface area (Å²) in [5.41, 5.74) is 0.383. The summed E-state index contributed by atoms with van der Waals surface area (Å²) >= 11 is 5.85. The van der Waals surface area contributed by atoms with Crippen molar-refractivity contribution >= 4 is 35.2 Å². The van der Waals surface area contributed by atoms with Crippen LogP contribution in [0.15, 0.2) is 36.4 Å². The Morgan fingerprint density at radius 1 is 1.06 bits per heavy atom. The number of esters is 1. The molecule has 1 aliphatic heterocycles. The van der Waals surface area contributed by atoms with Crippen LogP contribution >= 0.6 is 11.6 Å². The number of benzene rings is 1. The second-order valence-electron chi connectivity index (χ2n) is 9.40. The van der Waals surface area contributed by atoms with Crippen molar-refractivity contribution < 1.29 is 23.9 Å². The van der Waals surface area contributed by atoms with Crippen LogP contribution in [0, 0.1) is 35.5 Å². The second-order valence-corrected chi connectivity index (χ2v) is 9.83. The fraction of sp³-hybridized carbons (Fsp3) is 0.520. The lowest BCUT2D eigenvalue weighted by Gasteiger charge is -2.37. The molecule has 4 aliphatic carbocycles. The van der Waals surface area contributed by atoms with E-state index in [2.05, 4.69) is 12.2 Å². The van der Waals surface area contributed by atoms with Gasteiger partial charge in [0.15, 0.2) is 12.4 Å². The minimum Gasteiger partial charge on any atom is -0.456 e. The van der Waals surface area contributed by atoms with Gasteiger partial charge in [0.2, 0.25) is 11.8 Å². The first-order valence-electron chi connectivity index (χ1n) is 11.4. The molecule has 0 unspecified atom stereocenters. The summed E-state index contributed by atoms with van der Waals surface area (Å²) in [5, 5.41) is 0.506. The third kappa shape index (κ3) is 3.40. The first-order chi connectivity index (χ1) is 15.4. The van der Waals surface area contributed by atoms with Crippen molar-refractivity contribution in [2.24, 2.45) is 35.5 Å². The van der Waals surface area contributed by atoms with Gasteiger partial charge in [-0.1, -0.05) is 43.5 Å². The fourth-order valence-electron chi connectivity index (χ4n) is 5.99. The normalized spacial score (nSPS) is 32.5. The van der Waals surface area contributed by atoms with Gasteiger partial charge in [0.1, 0.15) is 6.04 Å². The molecule has 0 radical (unpaired) electrons. The number of amides is 2.